The number of carbonyl (C=O) groups is 1. The third-order valence-corrected chi connectivity index (χ3v) is 7.42. The predicted molar refractivity (Wildman–Crippen MR) is 139 cm³/mol. The number of hydrogen-bond acceptors (Lipinski definition) is 7. The molecule has 1 aromatic carbocycles. The molecule has 8 nitrogen and oxygen atoms in total. The molecule has 0 radical (unpaired) electrons. The summed E-state index contributed by atoms with van der Waals surface area (Å²) in [6, 6.07) is 10.3. The Kier molecular flexibility index (Phi) is 6.76. The second-order valence-corrected chi connectivity index (χ2v) is 10.7. The molecule has 4 aromatic rings. The molecular formula is C24H26AsN7OS. The van der Waals surface area contributed by atoms with Gasteiger partial charge < -0.3 is 0 Å². The Morgan fingerprint density at radius 3 is 2.94 bits per heavy atom. The van der Waals surface area contributed by atoms with Crippen molar-refractivity contribution in [3.8, 4) is 10.6 Å². The average Bonchev–Trinajstić information content (AvgIpc) is 3.50. The van der Waals surface area contributed by atoms with E-state index in [2.05, 4.69) is 37.4 Å². The summed E-state index contributed by atoms with van der Waals surface area (Å²) in [5, 5.41) is 10.1. The number of carbonyl (C=O) groups excluding carboxylic acids is 1. The Balaban J connectivity index is 1.31. The van der Waals surface area contributed by atoms with Gasteiger partial charge in [-0.2, -0.15) is 0 Å². The summed E-state index contributed by atoms with van der Waals surface area (Å²) in [4.78, 5) is 24.0. The number of thiazole rings is 1. The fourth-order valence-corrected chi connectivity index (χ4v) is 5.42. The topological polar surface area (TPSA) is 102 Å². The van der Waals surface area contributed by atoms with Gasteiger partial charge in [0.1, 0.15) is 0 Å². The van der Waals surface area contributed by atoms with E-state index in [1.54, 1.807) is 24.0 Å². The van der Waals surface area contributed by atoms with Gasteiger partial charge in [-0.05, 0) is 17.7 Å². The van der Waals surface area contributed by atoms with E-state index in [0.717, 1.165) is 57.8 Å². The molecule has 1 aliphatic heterocycles. The van der Waals surface area contributed by atoms with Crippen LogP contribution in [0, 0.1) is 0 Å². The van der Waals surface area contributed by atoms with Gasteiger partial charge in [-0.3, -0.25) is 4.98 Å². The Morgan fingerprint density at radius 1 is 1.26 bits per heavy atom. The monoisotopic (exact) mass is 535 g/mol. The van der Waals surface area contributed by atoms with Crippen LogP contribution in [0.5, 0.6) is 0 Å². The Bertz CT molecular complexity index is 1290. The molecule has 2 atom stereocenters. The SMILES string of the molecule is NC1CCCN(c2ccc([AsH2])cc2NC(=O)c2csc(-c3cnn(Cc4ccncc4)c3)n2)C1. The number of aromatic nitrogens is 4. The Hall–Kier alpha value is -3.00. The third kappa shape index (κ3) is 5.22. The van der Waals surface area contributed by atoms with Gasteiger partial charge >= 0.3 is 176 Å². The van der Waals surface area contributed by atoms with Crippen molar-refractivity contribution in [2.75, 3.05) is 23.3 Å². The molecule has 1 amide bonds. The second kappa shape index (κ2) is 10.1. The molecule has 10 heteroatoms. The van der Waals surface area contributed by atoms with Gasteiger partial charge in [0.15, 0.2) is 0 Å². The van der Waals surface area contributed by atoms with Crippen molar-refractivity contribution < 1.29 is 4.79 Å². The molecule has 1 aliphatic rings. The number of anilines is 2. The molecular weight excluding hydrogens is 509 g/mol. The van der Waals surface area contributed by atoms with Crippen LogP contribution in [-0.2, 0) is 6.54 Å². The summed E-state index contributed by atoms with van der Waals surface area (Å²) in [6.45, 7) is 2.38. The third-order valence-electron chi connectivity index (χ3n) is 5.78. The number of nitrogens with zero attached hydrogens (tertiary/aromatic N) is 5. The first kappa shape index (κ1) is 22.8. The van der Waals surface area contributed by atoms with Crippen molar-refractivity contribution in [2.45, 2.75) is 25.4 Å². The van der Waals surface area contributed by atoms with E-state index in [1.807, 2.05) is 29.1 Å². The standard InChI is InChI=1S/C24H26AsN7OS/c25-18-3-4-22(31-9-1-2-19(26)14-31)20(10-18)29-23(33)21-15-34-24(30-21)17-11-28-32(13-17)12-16-5-7-27-8-6-16/h3-8,10-11,13,15,19H,1-2,9,12,14,25-26H2,(H,29,33). The second-order valence-electron chi connectivity index (χ2n) is 8.40. The van der Waals surface area contributed by atoms with Crippen molar-refractivity contribution in [3.05, 3.63) is 71.8 Å². The van der Waals surface area contributed by atoms with Gasteiger partial charge in [0, 0.05) is 12.4 Å². The minimum absolute atomic E-state index is 0.156. The molecule has 2 unspecified atom stereocenters. The zero-order valence-corrected chi connectivity index (χ0v) is 21.8. The molecule has 0 spiro atoms. The van der Waals surface area contributed by atoms with Crippen LogP contribution in [0.2, 0.25) is 0 Å². The molecule has 174 valence electrons. The van der Waals surface area contributed by atoms with E-state index in [-0.39, 0.29) is 11.9 Å². The van der Waals surface area contributed by atoms with Crippen molar-refractivity contribution in [3.63, 3.8) is 0 Å². The number of nitrogens with two attached hydrogens (primary N) is 1. The Labute approximate surface area is 210 Å². The summed E-state index contributed by atoms with van der Waals surface area (Å²) in [5.74, 6) is -0.215. The fraction of sp³-hybridized carbons (Fsp3) is 0.250. The van der Waals surface area contributed by atoms with Gasteiger partial charge in [-0.15, -0.1) is 0 Å². The van der Waals surface area contributed by atoms with Crippen LogP contribution in [0.3, 0.4) is 0 Å². The van der Waals surface area contributed by atoms with Crippen LogP contribution in [0.4, 0.5) is 11.4 Å². The Morgan fingerprint density at radius 2 is 2.12 bits per heavy atom. The van der Waals surface area contributed by atoms with Crippen molar-refractivity contribution in [2.24, 2.45) is 5.73 Å². The van der Waals surface area contributed by atoms with E-state index in [4.69, 9.17) is 5.73 Å². The van der Waals surface area contributed by atoms with Crippen molar-refractivity contribution in [1.29, 1.82) is 0 Å². The first-order valence-corrected chi connectivity index (χ1v) is 13.2. The average molecular weight is 536 g/mol. The molecule has 5 rings (SSSR count). The zero-order chi connectivity index (χ0) is 23.5. The molecule has 0 saturated carbocycles. The molecule has 0 aliphatic carbocycles. The number of amides is 1. The van der Waals surface area contributed by atoms with Gasteiger partial charge in [0.05, 0.1) is 0 Å². The normalized spacial score (nSPS) is 15.9. The number of nitrogens with one attached hydrogen (secondary N) is 1. The van der Waals surface area contributed by atoms with Crippen LogP contribution < -0.4 is 20.3 Å². The molecule has 3 aromatic heterocycles. The molecule has 0 bridgehead atoms. The van der Waals surface area contributed by atoms with E-state index in [0.29, 0.717) is 12.2 Å². The van der Waals surface area contributed by atoms with Crippen LogP contribution in [-0.4, -0.2) is 61.6 Å². The maximum atomic E-state index is 13.1. The van der Waals surface area contributed by atoms with Crippen LogP contribution in [0.1, 0.15) is 28.9 Å². The van der Waals surface area contributed by atoms with E-state index >= 15 is 0 Å². The number of pyridine rings is 1. The summed E-state index contributed by atoms with van der Waals surface area (Å²) in [5.41, 5.74) is 10.4. The van der Waals surface area contributed by atoms with Gasteiger partial charge in [-0.1, -0.05) is 0 Å². The van der Waals surface area contributed by atoms with E-state index < -0.39 is 0 Å². The van der Waals surface area contributed by atoms with Crippen molar-refractivity contribution >= 4 is 49.8 Å². The number of piperidine rings is 1. The fourth-order valence-electron chi connectivity index (χ4n) is 4.09. The zero-order valence-electron chi connectivity index (χ0n) is 18.6. The number of benzene rings is 1. The molecule has 34 heavy (non-hydrogen) atoms. The quantitative estimate of drug-likeness (QED) is 0.366. The van der Waals surface area contributed by atoms with Crippen LogP contribution in [0.15, 0.2) is 60.5 Å². The van der Waals surface area contributed by atoms with Gasteiger partial charge in [0.25, 0.3) is 0 Å². The minimum atomic E-state index is -0.215. The molecule has 1 fully saturated rings. The summed E-state index contributed by atoms with van der Waals surface area (Å²) in [7, 11) is 0. The van der Waals surface area contributed by atoms with Crippen molar-refractivity contribution in [1.82, 2.24) is 19.7 Å². The number of rotatable bonds is 6. The predicted octanol–water partition coefficient (Wildman–Crippen LogP) is 1.89. The van der Waals surface area contributed by atoms with Gasteiger partial charge in [0.2, 0.25) is 0 Å². The van der Waals surface area contributed by atoms with Crippen LogP contribution in [0.25, 0.3) is 10.6 Å². The summed E-state index contributed by atoms with van der Waals surface area (Å²) < 4.78 is 3.00. The summed E-state index contributed by atoms with van der Waals surface area (Å²) >= 11 is 2.96. The van der Waals surface area contributed by atoms with Gasteiger partial charge in [-0.25, -0.2) is 0 Å². The van der Waals surface area contributed by atoms with Crippen LogP contribution >= 0.6 is 11.3 Å². The molecule has 3 N–H and O–H groups in total. The number of hydrogen-bond donors (Lipinski definition) is 2. The molecule has 4 heterocycles. The van der Waals surface area contributed by atoms with E-state index in [1.165, 1.54) is 28.2 Å². The maximum absolute atomic E-state index is 13.1. The first-order chi connectivity index (χ1) is 16.5. The van der Waals surface area contributed by atoms with E-state index in [9.17, 15) is 4.79 Å². The summed E-state index contributed by atoms with van der Waals surface area (Å²) in [6.07, 6.45) is 9.35. The molecule has 1 saturated heterocycles. The first-order valence-electron chi connectivity index (χ1n) is 11.1.